The first-order valence-electron chi connectivity index (χ1n) is 4.47. The van der Waals surface area contributed by atoms with Gasteiger partial charge < -0.3 is 25.4 Å². The van der Waals surface area contributed by atoms with Crippen molar-refractivity contribution in [1.29, 1.82) is 0 Å². The van der Waals surface area contributed by atoms with Crippen molar-refractivity contribution in [2.45, 2.75) is 12.5 Å². The van der Waals surface area contributed by atoms with Gasteiger partial charge in [0.15, 0.2) is 0 Å². The monoisotopic (exact) mass is 253 g/mol. The highest BCUT2D eigenvalue weighted by atomic mass is 31.2. The van der Waals surface area contributed by atoms with Crippen molar-refractivity contribution in [1.82, 2.24) is 0 Å². The van der Waals surface area contributed by atoms with E-state index in [1.165, 1.54) is 7.11 Å². The van der Waals surface area contributed by atoms with Gasteiger partial charge in [0.25, 0.3) is 0 Å². The van der Waals surface area contributed by atoms with Crippen LogP contribution < -0.4 is 5.73 Å². The Morgan fingerprint density at radius 1 is 1.56 bits per heavy atom. The molecule has 0 aromatic rings. The molecule has 0 heterocycles. The lowest BCUT2D eigenvalue weighted by molar-refractivity contribution is -0.137. The average molecular weight is 253 g/mol. The van der Waals surface area contributed by atoms with E-state index < -0.39 is 25.8 Å². The molecule has 1 atom stereocenters. The van der Waals surface area contributed by atoms with Gasteiger partial charge in [-0.3, -0.25) is 9.36 Å². The van der Waals surface area contributed by atoms with Crippen molar-refractivity contribution in [3.63, 3.8) is 0 Å². The number of aliphatic carboxylic acids is 1. The second kappa shape index (κ2) is 6.78. The molecule has 0 fully saturated rings. The van der Waals surface area contributed by atoms with E-state index >= 15 is 0 Å². The minimum absolute atomic E-state index is 0.239. The van der Waals surface area contributed by atoms with Gasteiger partial charge in [0, 0.05) is 13.7 Å². The molecule has 0 aromatic heterocycles. The molecule has 16 heavy (non-hydrogen) atoms. The van der Waals surface area contributed by atoms with Crippen LogP contribution in [0.25, 0.3) is 0 Å². The van der Waals surface area contributed by atoms with E-state index in [9.17, 15) is 9.36 Å². The second-order valence-electron chi connectivity index (χ2n) is 3.25. The van der Waals surface area contributed by atoms with Crippen molar-refractivity contribution in [2.75, 3.05) is 19.9 Å². The van der Waals surface area contributed by atoms with Crippen LogP contribution >= 0.6 is 7.60 Å². The molecule has 7 nitrogen and oxygen atoms in total. The number of methoxy groups -OCH3 is 1. The number of hydrogen-bond acceptors (Lipinski definition) is 4. The summed E-state index contributed by atoms with van der Waals surface area (Å²) in [5.41, 5.74) is 5.52. The SMILES string of the molecule is COCCC(=CC(N)C(=O)O)CP(=O)(O)O. The highest BCUT2D eigenvalue weighted by Gasteiger charge is 2.18. The van der Waals surface area contributed by atoms with Gasteiger partial charge in [0.1, 0.15) is 6.04 Å². The Bertz CT molecular complexity index is 310. The van der Waals surface area contributed by atoms with Gasteiger partial charge in [-0.2, -0.15) is 0 Å². The minimum atomic E-state index is -4.22. The summed E-state index contributed by atoms with van der Waals surface area (Å²) in [6.45, 7) is 0.248. The molecular weight excluding hydrogens is 237 g/mol. The fraction of sp³-hybridized carbons (Fsp3) is 0.625. The molecule has 0 rings (SSSR count). The molecule has 0 bridgehead atoms. The fourth-order valence-electron chi connectivity index (χ4n) is 1.04. The fourth-order valence-corrected chi connectivity index (χ4v) is 1.83. The molecule has 8 heteroatoms. The topological polar surface area (TPSA) is 130 Å². The average Bonchev–Trinajstić information content (AvgIpc) is 2.11. The van der Waals surface area contributed by atoms with E-state index in [1.807, 2.05) is 0 Å². The largest absolute Gasteiger partial charge is 0.480 e. The molecule has 0 saturated carbocycles. The first-order chi connectivity index (χ1) is 7.26. The van der Waals surface area contributed by atoms with Crippen LogP contribution in [0.3, 0.4) is 0 Å². The minimum Gasteiger partial charge on any atom is -0.480 e. The maximum Gasteiger partial charge on any atom is 0.329 e. The lowest BCUT2D eigenvalue weighted by Gasteiger charge is -2.10. The number of carbonyl (C=O) groups is 1. The number of ether oxygens (including phenoxy) is 1. The zero-order valence-electron chi connectivity index (χ0n) is 8.87. The standard InChI is InChI=1S/C8H16NO6P/c1-15-3-2-6(5-16(12,13)14)4-7(9)8(10)11/h4,7H,2-3,5,9H2,1H3,(H,10,11)(H2,12,13,14). The zero-order valence-corrected chi connectivity index (χ0v) is 9.76. The Morgan fingerprint density at radius 2 is 2.12 bits per heavy atom. The summed E-state index contributed by atoms with van der Waals surface area (Å²) in [6.07, 6.45) is 0.875. The highest BCUT2D eigenvalue weighted by Crippen LogP contribution is 2.37. The van der Waals surface area contributed by atoms with Crippen molar-refractivity contribution in [3.05, 3.63) is 11.6 Å². The van der Waals surface area contributed by atoms with Gasteiger partial charge >= 0.3 is 13.6 Å². The molecule has 0 aromatic carbocycles. The third kappa shape index (κ3) is 7.56. The summed E-state index contributed by atoms with van der Waals surface area (Å²) < 4.78 is 15.5. The molecule has 0 aliphatic heterocycles. The highest BCUT2D eigenvalue weighted by molar-refractivity contribution is 7.52. The van der Waals surface area contributed by atoms with Crippen LogP contribution in [0, 0.1) is 0 Å². The molecule has 1 unspecified atom stereocenters. The lowest BCUT2D eigenvalue weighted by atomic mass is 10.1. The van der Waals surface area contributed by atoms with Crippen molar-refractivity contribution in [3.8, 4) is 0 Å². The summed E-state index contributed by atoms with van der Waals surface area (Å²) in [7, 11) is -2.78. The Hall–Kier alpha value is -0.720. The summed E-state index contributed by atoms with van der Waals surface area (Å²) >= 11 is 0. The molecule has 5 N–H and O–H groups in total. The Balaban J connectivity index is 4.65. The van der Waals surface area contributed by atoms with Crippen LogP contribution in [0.2, 0.25) is 0 Å². The maximum absolute atomic E-state index is 10.8. The molecular formula is C8H16NO6P. The third-order valence-electron chi connectivity index (χ3n) is 1.74. The van der Waals surface area contributed by atoms with Crippen LogP contribution in [0.5, 0.6) is 0 Å². The van der Waals surface area contributed by atoms with Gasteiger partial charge in [-0.15, -0.1) is 0 Å². The molecule has 0 aliphatic rings. The zero-order chi connectivity index (χ0) is 12.8. The van der Waals surface area contributed by atoms with E-state index in [1.54, 1.807) is 0 Å². The van der Waals surface area contributed by atoms with E-state index in [4.69, 9.17) is 25.4 Å². The van der Waals surface area contributed by atoms with E-state index in [0.717, 1.165) is 6.08 Å². The van der Waals surface area contributed by atoms with Crippen molar-refractivity contribution >= 4 is 13.6 Å². The molecule has 0 radical (unpaired) electrons. The van der Waals surface area contributed by atoms with E-state index in [2.05, 4.69) is 0 Å². The Kier molecular flexibility index (Phi) is 6.47. The third-order valence-corrected chi connectivity index (χ3v) is 2.55. The maximum atomic E-state index is 10.8. The second-order valence-corrected chi connectivity index (χ2v) is 4.90. The molecule has 0 amide bonds. The normalized spacial score (nSPS) is 14.9. The quantitative estimate of drug-likeness (QED) is 0.356. The van der Waals surface area contributed by atoms with Crippen LogP contribution in [0.4, 0.5) is 0 Å². The Morgan fingerprint density at radius 3 is 2.50 bits per heavy atom. The number of nitrogens with two attached hydrogens (primary N) is 1. The van der Waals surface area contributed by atoms with Gasteiger partial charge in [0.05, 0.1) is 6.16 Å². The predicted octanol–water partition coefficient (Wildman–Crippen LogP) is -0.461. The predicted molar refractivity (Wildman–Crippen MR) is 57.1 cm³/mol. The number of rotatable bonds is 7. The summed E-state index contributed by atoms with van der Waals surface area (Å²) in [4.78, 5) is 28.0. The van der Waals surface area contributed by atoms with Gasteiger partial charge in [0.2, 0.25) is 0 Å². The van der Waals surface area contributed by atoms with Crippen molar-refractivity contribution in [2.24, 2.45) is 5.73 Å². The molecule has 0 spiro atoms. The number of carboxylic acid groups (broad SMARTS) is 1. The summed E-state index contributed by atoms with van der Waals surface area (Å²) in [5, 5.41) is 8.56. The van der Waals surface area contributed by atoms with Gasteiger partial charge in [-0.05, 0) is 6.42 Å². The smallest absolute Gasteiger partial charge is 0.329 e. The van der Waals surface area contributed by atoms with Crippen LogP contribution in [0.1, 0.15) is 6.42 Å². The van der Waals surface area contributed by atoms with E-state index in [-0.39, 0.29) is 18.6 Å². The van der Waals surface area contributed by atoms with Crippen LogP contribution in [-0.4, -0.2) is 46.8 Å². The van der Waals surface area contributed by atoms with E-state index in [0.29, 0.717) is 0 Å². The summed E-state index contributed by atoms with van der Waals surface area (Å²) in [5.74, 6) is -1.25. The lowest BCUT2D eigenvalue weighted by Crippen LogP contribution is -2.28. The van der Waals surface area contributed by atoms with Crippen LogP contribution in [0.15, 0.2) is 11.6 Å². The molecule has 0 saturated heterocycles. The van der Waals surface area contributed by atoms with Crippen LogP contribution in [-0.2, 0) is 14.1 Å². The summed E-state index contributed by atoms with van der Waals surface area (Å²) in [6, 6.07) is -1.27. The first-order valence-corrected chi connectivity index (χ1v) is 6.27. The van der Waals surface area contributed by atoms with Crippen molar-refractivity contribution < 1.29 is 29.0 Å². The molecule has 94 valence electrons. The molecule has 0 aliphatic carbocycles. The number of carboxylic acids is 1. The number of hydrogen-bond donors (Lipinski definition) is 4. The van der Waals surface area contributed by atoms with Gasteiger partial charge in [-0.1, -0.05) is 11.6 Å². The first kappa shape index (κ1) is 15.3. The van der Waals surface area contributed by atoms with Gasteiger partial charge in [-0.25, -0.2) is 0 Å². The Labute approximate surface area is 93.1 Å².